The minimum Gasteiger partial charge on any atom is -0.490 e. The second-order valence-electron chi connectivity index (χ2n) is 8.00. The van der Waals surface area contributed by atoms with Crippen LogP contribution in [0.25, 0.3) is 21.9 Å². The van der Waals surface area contributed by atoms with Crippen molar-refractivity contribution in [2.75, 3.05) is 32.8 Å². The van der Waals surface area contributed by atoms with E-state index in [0.29, 0.717) is 13.1 Å². The maximum absolute atomic E-state index is 11.3. The number of benzene rings is 2. The van der Waals surface area contributed by atoms with Crippen molar-refractivity contribution in [1.29, 1.82) is 0 Å². The Hall–Kier alpha value is -3.56. The van der Waals surface area contributed by atoms with Crippen LogP contribution in [-0.2, 0) is 4.79 Å². The molecule has 0 aliphatic carbocycles. The summed E-state index contributed by atoms with van der Waals surface area (Å²) in [5, 5.41) is 25.3. The first-order valence-corrected chi connectivity index (χ1v) is 10.2. The van der Waals surface area contributed by atoms with Gasteiger partial charge in [-0.3, -0.25) is 9.69 Å². The molecular formula is C23H25N3O6. The zero-order valence-corrected chi connectivity index (χ0v) is 17.4. The lowest BCUT2D eigenvalue weighted by molar-refractivity contribution is -0.122. The lowest BCUT2D eigenvalue weighted by Gasteiger charge is -2.47. The number of hydrogen-bond acceptors (Lipinski definition) is 6. The summed E-state index contributed by atoms with van der Waals surface area (Å²) < 4.78 is 11.3. The third-order valence-corrected chi connectivity index (χ3v) is 5.62. The average Bonchev–Trinajstić information content (AvgIpc) is 3.42. The molecule has 2 aliphatic heterocycles. The summed E-state index contributed by atoms with van der Waals surface area (Å²) in [6, 6.07) is 13.9. The molecule has 1 spiro atoms. The second kappa shape index (κ2) is 9.29. The van der Waals surface area contributed by atoms with E-state index in [-0.39, 0.29) is 24.6 Å². The number of hydrogen-bond donors (Lipinski definition) is 4. The number of fused-ring (bicyclic) bond motifs is 1. The minimum atomic E-state index is -0.624. The Labute approximate surface area is 184 Å². The van der Waals surface area contributed by atoms with Gasteiger partial charge in [0.2, 0.25) is 0 Å². The highest BCUT2D eigenvalue weighted by molar-refractivity contribution is 5.99. The summed E-state index contributed by atoms with van der Waals surface area (Å²) in [5.41, 5.74) is 1.73. The van der Waals surface area contributed by atoms with Gasteiger partial charge in [0.05, 0.1) is 18.1 Å². The number of carboxylic acid groups (broad SMARTS) is 1. The topological polar surface area (TPSA) is 124 Å². The monoisotopic (exact) mass is 439 g/mol. The smallest absolute Gasteiger partial charge is 0.315 e. The lowest BCUT2D eigenvalue weighted by Crippen LogP contribution is -2.69. The number of carbonyl (C=O) groups excluding carboxylic acids is 1. The summed E-state index contributed by atoms with van der Waals surface area (Å²) >= 11 is 0. The molecule has 2 fully saturated rings. The molecular weight excluding hydrogens is 414 g/mol. The standard InChI is InChI=1S/C22H23N3O4.CH2O2/c26-17(9-25-13-22(14-25)12-23-21(27)24-22)11-29-19-6-5-15-3-1-2-4-18(15)20(19)16-7-8-28-10-16;2-1-3/h1-8,10,17,26H,9,11-14H2,(H2,23,24,27);1H,(H,2,3). The molecule has 0 radical (unpaired) electrons. The van der Waals surface area contributed by atoms with Crippen LogP contribution in [0.15, 0.2) is 59.4 Å². The van der Waals surface area contributed by atoms with Gasteiger partial charge in [0.15, 0.2) is 0 Å². The van der Waals surface area contributed by atoms with Crippen LogP contribution in [0.5, 0.6) is 5.75 Å². The van der Waals surface area contributed by atoms with E-state index in [1.807, 2.05) is 30.3 Å². The summed E-state index contributed by atoms with van der Waals surface area (Å²) in [4.78, 5) is 21.8. The fourth-order valence-electron chi connectivity index (χ4n) is 4.32. The number of aliphatic hydroxyl groups excluding tert-OH is 1. The van der Waals surface area contributed by atoms with Gasteiger partial charge in [0.25, 0.3) is 6.47 Å². The van der Waals surface area contributed by atoms with Crippen LogP contribution in [0.4, 0.5) is 4.79 Å². The number of nitrogens with zero attached hydrogens (tertiary/aromatic N) is 1. The number of likely N-dealkylation sites (tertiary alicyclic amines) is 1. The molecule has 0 saturated carbocycles. The first-order valence-electron chi connectivity index (χ1n) is 10.2. The Morgan fingerprint density at radius 1 is 1.22 bits per heavy atom. The zero-order valence-electron chi connectivity index (χ0n) is 17.4. The van der Waals surface area contributed by atoms with Gasteiger partial charge in [-0.1, -0.05) is 30.3 Å². The number of rotatable bonds is 6. The minimum absolute atomic E-state index is 0.114. The largest absolute Gasteiger partial charge is 0.490 e. The van der Waals surface area contributed by atoms with E-state index in [1.165, 1.54) is 0 Å². The number of carbonyl (C=O) groups is 2. The Bertz CT molecular complexity index is 1080. The van der Waals surface area contributed by atoms with Crippen molar-refractivity contribution >= 4 is 23.3 Å². The summed E-state index contributed by atoms with van der Waals surface area (Å²) in [7, 11) is 0. The van der Waals surface area contributed by atoms with Crippen LogP contribution in [-0.4, -0.2) is 72.0 Å². The van der Waals surface area contributed by atoms with Gasteiger partial charge >= 0.3 is 6.03 Å². The summed E-state index contributed by atoms with van der Waals surface area (Å²) in [6.07, 6.45) is 2.72. The first kappa shape index (κ1) is 21.7. The van der Waals surface area contributed by atoms with Gasteiger partial charge < -0.3 is 30.0 Å². The van der Waals surface area contributed by atoms with Gasteiger partial charge in [-0.05, 0) is 22.9 Å². The lowest BCUT2D eigenvalue weighted by atomic mass is 9.91. The van der Waals surface area contributed by atoms with E-state index in [2.05, 4.69) is 27.7 Å². The number of nitrogens with one attached hydrogen (secondary N) is 2. The van der Waals surface area contributed by atoms with Crippen molar-refractivity contribution in [1.82, 2.24) is 15.5 Å². The zero-order chi connectivity index (χ0) is 22.6. The molecule has 0 bridgehead atoms. The van der Waals surface area contributed by atoms with Crippen LogP contribution in [0.2, 0.25) is 0 Å². The predicted molar refractivity (Wildman–Crippen MR) is 118 cm³/mol. The summed E-state index contributed by atoms with van der Waals surface area (Å²) in [5.74, 6) is 0.719. The maximum Gasteiger partial charge on any atom is 0.315 e. The first-order chi connectivity index (χ1) is 15.5. The van der Waals surface area contributed by atoms with E-state index < -0.39 is 6.10 Å². The van der Waals surface area contributed by atoms with E-state index >= 15 is 0 Å². The molecule has 9 nitrogen and oxygen atoms in total. The molecule has 2 aliphatic rings. The molecule has 1 unspecified atom stereocenters. The molecule has 4 N–H and O–H groups in total. The number of urea groups is 1. The van der Waals surface area contributed by atoms with Crippen molar-refractivity contribution in [3.63, 3.8) is 0 Å². The average molecular weight is 439 g/mol. The van der Waals surface area contributed by atoms with Crippen LogP contribution in [0.3, 0.4) is 0 Å². The maximum atomic E-state index is 11.3. The van der Waals surface area contributed by atoms with Crippen LogP contribution < -0.4 is 15.4 Å². The molecule has 9 heteroatoms. The van der Waals surface area contributed by atoms with E-state index in [4.69, 9.17) is 19.1 Å². The highest BCUT2D eigenvalue weighted by atomic mass is 16.5. The Morgan fingerprint density at radius 3 is 2.69 bits per heavy atom. The van der Waals surface area contributed by atoms with Crippen molar-refractivity contribution < 1.29 is 29.0 Å². The fourth-order valence-corrected chi connectivity index (χ4v) is 4.32. The van der Waals surface area contributed by atoms with Crippen LogP contribution in [0, 0.1) is 0 Å². The molecule has 3 heterocycles. The molecule has 32 heavy (non-hydrogen) atoms. The van der Waals surface area contributed by atoms with Gasteiger partial charge in [-0.2, -0.15) is 0 Å². The molecule has 2 saturated heterocycles. The molecule has 3 aromatic rings. The van der Waals surface area contributed by atoms with E-state index in [9.17, 15) is 9.90 Å². The molecule has 2 amide bonds. The van der Waals surface area contributed by atoms with Gasteiger partial charge in [0, 0.05) is 37.3 Å². The molecule has 2 aromatic carbocycles. The Balaban J connectivity index is 0.000000775. The van der Waals surface area contributed by atoms with Crippen molar-refractivity contribution in [2.24, 2.45) is 0 Å². The van der Waals surface area contributed by atoms with Crippen molar-refractivity contribution in [3.8, 4) is 16.9 Å². The molecule has 1 atom stereocenters. The number of furan rings is 1. The van der Waals surface area contributed by atoms with E-state index in [0.717, 1.165) is 40.7 Å². The van der Waals surface area contributed by atoms with Gasteiger partial charge in [0.1, 0.15) is 18.5 Å². The highest BCUT2D eigenvalue weighted by Crippen LogP contribution is 2.37. The summed E-state index contributed by atoms with van der Waals surface area (Å²) in [6.45, 7) is 2.56. The van der Waals surface area contributed by atoms with E-state index in [1.54, 1.807) is 12.5 Å². The van der Waals surface area contributed by atoms with Crippen molar-refractivity contribution in [2.45, 2.75) is 11.6 Å². The quantitative estimate of drug-likeness (QED) is 0.433. The number of ether oxygens (including phenoxy) is 1. The molecule has 5 rings (SSSR count). The Morgan fingerprint density at radius 2 is 2.00 bits per heavy atom. The van der Waals surface area contributed by atoms with Crippen LogP contribution >= 0.6 is 0 Å². The second-order valence-corrected chi connectivity index (χ2v) is 8.00. The number of aliphatic hydroxyl groups is 1. The third-order valence-electron chi connectivity index (χ3n) is 5.62. The Kier molecular flexibility index (Phi) is 6.29. The van der Waals surface area contributed by atoms with Gasteiger partial charge in [-0.25, -0.2) is 4.79 Å². The normalized spacial score (nSPS) is 17.6. The van der Waals surface area contributed by atoms with Gasteiger partial charge in [-0.15, -0.1) is 0 Å². The van der Waals surface area contributed by atoms with Crippen molar-refractivity contribution in [3.05, 3.63) is 55.0 Å². The third kappa shape index (κ3) is 4.53. The van der Waals surface area contributed by atoms with Crippen LogP contribution in [0.1, 0.15) is 0 Å². The predicted octanol–water partition coefficient (Wildman–Crippen LogP) is 1.91. The highest BCUT2D eigenvalue weighted by Gasteiger charge is 2.47. The fraction of sp³-hybridized carbons (Fsp3) is 0.304. The molecule has 168 valence electrons. The molecule has 1 aromatic heterocycles. The number of amides is 2. The SMILES string of the molecule is O=C1NCC2(CN(CC(O)COc3ccc4ccccc4c3-c3ccoc3)C2)N1.O=CO. The number of β-amino-alcohol motifs (C(OH)–C–C–N with tert-alkyl or cyclic N) is 1.